The quantitative estimate of drug-likeness (QED) is 0.187. The maximum atomic E-state index is 12.7. The van der Waals surface area contributed by atoms with Crippen molar-refractivity contribution in [3.05, 3.63) is 142 Å². The molecule has 0 saturated heterocycles. The molecule has 8 bridgehead atoms. The molecule has 0 radical (unpaired) electrons. The Bertz CT molecular complexity index is 2650. The van der Waals surface area contributed by atoms with Crippen molar-refractivity contribution in [2.24, 2.45) is 0 Å². The van der Waals surface area contributed by atoms with E-state index in [1.807, 2.05) is 0 Å². The van der Waals surface area contributed by atoms with Gasteiger partial charge in [0.2, 0.25) is 46.3 Å². The molecule has 56 heavy (non-hydrogen) atoms. The molecule has 0 saturated carbocycles. The van der Waals surface area contributed by atoms with E-state index in [4.69, 9.17) is 9.97 Å². The molecule has 0 atom stereocenters. The molecular weight excluding hydrogens is 713 g/mol. The van der Waals surface area contributed by atoms with Gasteiger partial charge in [0.25, 0.3) is 0 Å². The van der Waals surface area contributed by atoms with Crippen molar-refractivity contribution >= 4 is 115 Å². The van der Waals surface area contributed by atoms with E-state index in [2.05, 4.69) is 9.97 Å². The van der Waals surface area contributed by atoms with Gasteiger partial charge in [-0.2, -0.15) is 0 Å². The van der Waals surface area contributed by atoms with Gasteiger partial charge >= 0.3 is 0 Å². The van der Waals surface area contributed by atoms with E-state index >= 15 is 0 Å². The maximum absolute atomic E-state index is 12.7. The number of carbonyl (C=O) groups is 8. The highest BCUT2D eigenvalue weighted by Crippen LogP contribution is 2.37. The molecule has 0 unspecified atom stereocenters. The molecule has 2 N–H and O–H groups in total. The van der Waals surface area contributed by atoms with Crippen LogP contribution in [0.3, 0.4) is 0 Å². The third-order valence-electron chi connectivity index (χ3n) is 9.68. The number of aromatic nitrogens is 4. The Hall–Kier alpha value is -8.12. The average Bonchev–Trinajstić information content (AvgIpc) is 4.02. The molecule has 0 amide bonds. The van der Waals surface area contributed by atoms with Crippen molar-refractivity contribution in [3.8, 4) is 0 Å². The minimum atomic E-state index is -0.727. The molecule has 0 fully saturated rings. The number of hydrogen-bond acceptors (Lipinski definition) is 10. The summed E-state index contributed by atoms with van der Waals surface area (Å²) in [7, 11) is 0. The van der Waals surface area contributed by atoms with Gasteiger partial charge in [-0.25, -0.2) is 9.97 Å². The molecule has 6 aliphatic rings. The highest BCUT2D eigenvalue weighted by atomic mass is 16.2. The number of hydrogen-bond donors (Lipinski definition) is 2. The Morgan fingerprint density at radius 1 is 0.286 bits per heavy atom. The van der Waals surface area contributed by atoms with Crippen LogP contribution >= 0.6 is 0 Å². The fourth-order valence-corrected chi connectivity index (χ4v) is 7.07. The number of H-pyrrole nitrogens is 2. The van der Waals surface area contributed by atoms with Gasteiger partial charge in [0, 0.05) is 44.3 Å². The highest BCUT2D eigenvalue weighted by Gasteiger charge is 2.25. The number of aromatic amines is 2. The second-order valence-electron chi connectivity index (χ2n) is 13.1. The molecule has 3 aromatic heterocycles. The molecule has 12 heteroatoms. The summed E-state index contributed by atoms with van der Waals surface area (Å²) in [6.45, 7) is 0. The van der Waals surface area contributed by atoms with Crippen LogP contribution in [0.5, 0.6) is 0 Å². The number of allylic oxidation sites excluding steroid dienone is 16. The second kappa shape index (κ2) is 12.8. The third-order valence-corrected chi connectivity index (χ3v) is 9.68. The van der Waals surface area contributed by atoms with Gasteiger partial charge < -0.3 is 9.97 Å². The first-order chi connectivity index (χ1) is 27.0. The molecule has 266 valence electrons. The summed E-state index contributed by atoms with van der Waals surface area (Å²) in [6, 6.07) is 6.97. The summed E-state index contributed by atoms with van der Waals surface area (Å²) in [5, 5.41) is 0. The number of nitrogens with one attached hydrogen (secondary N) is 2. The molecule has 9 rings (SSSR count). The van der Waals surface area contributed by atoms with Crippen LogP contribution in [0.4, 0.5) is 0 Å². The lowest BCUT2D eigenvalue weighted by molar-refractivity contribution is -0.131. The van der Waals surface area contributed by atoms with Crippen LogP contribution in [0.2, 0.25) is 0 Å². The molecule has 12 nitrogen and oxygen atoms in total. The number of fused-ring (bicyclic) bond motifs is 8. The van der Waals surface area contributed by atoms with Crippen molar-refractivity contribution in [1.29, 1.82) is 0 Å². The maximum Gasteiger partial charge on any atom is 0.226 e. The Labute approximate surface area is 314 Å². The van der Waals surface area contributed by atoms with E-state index in [9.17, 15) is 38.4 Å². The largest absolute Gasteiger partial charge is 0.354 e. The molecule has 2 aliphatic heterocycles. The number of carbonyl (C=O) groups excluding carboxylic acids is 8. The summed E-state index contributed by atoms with van der Waals surface area (Å²) in [6.07, 6.45) is 22.5. The SMILES string of the molecule is O=C1C=CC(c2c3nc(c(C4=CC(=O)C(=O)C=C4)c4ccc([nH]4)c(C4=CC(=O)C(=O)C=C4)c4nc(c(C5=CC(=O)C(=O)C=C5)c5ccc2[nH]5)C=C4)C=C3)=CC1=O. The zero-order valence-electron chi connectivity index (χ0n) is 28.7. The standard InChI is InChI=1S/C44H22N4O8/c49-33-13-1-21(17-37(33)53)41-25-5-7-27(45-25)42(22-2-14-34(50)38(54)18-22)29-9-11-31(47-29)44(24-4-16-36(52)40(56)20-24)32-12-10-30(48-32)43(28-8-6-26(41)46-28)23-3-15-35(51)39(55)19-23/h1-20,45,48H. The first-order valence-corrected chi connectivity index (χ1v) is 17.1. The Balaban J connectivity index is 1.46. The van der Waals surface area contributed by atoms with E-state index in [1.165, 1.54) is 72.9 Å². The lowest BCUT2D eigenvalue weighted by Crippen LogP contribution is -2.12. The summed E-state index contributed by atoms with van der Waals surface area (Å²) in [4.78, 5) is 116. The van der Waals surface area contributed by atoms with Crippen LogP contribution in [0, 0.1) is 0 Å². The van der Waals surface area contributed by atoms with Gasteiger partial charge in [0.05, 0.1) is 22.8 Å². The van der Waals surface area contributed by atoms with Gasteiger partial charge in [0.15, 0.2) is 0 Å². The van der Waals surface area contributed by atoms with Gasteiger partial charge in [-0.15, -0.1) is 0 Å². The van der Waals surface area contributed by atoms with Gasteiger partial charge in [-0.3, -0.25) is 38.4 Å². The lowest BCUT2D eigenvalue weighted by Gasteiger charge is -2.10. The van der Waals surface area contributed by atoms with Crippen molar-refractivity contribution in [2.45, 2.75) is 0 Å². The summed E-state index contributed by atoms with van der Waals surface area (Å²) in [5.41, 5.74) is 6.68. The van der Waals surface area contributed by atoms with E-state index < -0.39 is 46.3 Å². The van der Waals surface area contributed by atoms with Crippen molar-refractivity contribution in [3.63, 3.8) is 0 Å². The second-order valence-corrected chi connectivity index (χ2v) is 13.1. The zero-order chi connectivity index (χ0) is 38.8. The minimum Gasteiger partial charge on any atom is -0.354 e. The van der Waals surface area contributed by atoms with Gasteiger partial charge in [0.1, 0.15) is 0 Å². The fraction of sp³-hybridized carbons (Fsp3) is 0. The Morgan fingerprint density at radius 2 is 0.518 bits per heavy atom. The average molecular weight is 735 g/mol. The predicted octanol–water partition coefficient (Wildman–Crippen LogP) is 5.02. The van der Waals surface area contributed by atoms with Crippen molar-refractivity contribution in [2.75, 3.05) is 0 Å². The third kappa shape index (κ3) is 5.65. The molecular formula is C44H22N4O8. The van der Waals surface area contributed by atoms with E-state index in [1.54, 1.807) is 48.6 Å². The van der Waals surface area contributed by atoms with Crippen molar-refractivity contribution < 1.29 is 38.4 Å². The zero-order valence-corrected chi connectivity index (χ0v) is 28.7. The van der Waals surface area contributed by atoms with Crippen LogP contribution in [-0.2, 0) is 38.4 Å². The summed E-state index contributed by atoms with van der Waals surface area (Å²) >= 11 is 0. The first-order valence-electron chi connectivity index (χ1n) is 17.1. The molecule has 3 aromatic rings. The Kier molecular flexibility index (Phi) is 7.69. The van der Waals surface area contributed by atoms with Gasteiger partial charge in [-0.1, -0.05) is 24.3 Å². The van der Waals surface area contributed by atoms with Crippen LogP contribution in [0.25, 0.3) is 68.7 Å². The first kappa shape index (κ1) is 33.7. The molecule has 0 spiro atoms. The number of nitrogens with zero attached hydrogens (tertiary/aromatic N) is 2. The number of rotatable bonds is 4. The van der Waals surface area contributed by atoms with E-state index in [0.717, 1.165) is 0 Å². The Morgan fingerprint density at radius 3 is 0.732 bits per heavy atom. The van der Waals surface area contributed by atoms with Crippen LogP contribution in [-0.4, -0.2) is 66.2 Å². The summed E-state index contributed by atoms with van der Waals surface area (Å²) in [5.74, 6) is -5.65. The minimum absolute atomic E-state index is 0.379. The summed E-state index contributed by atoms with van der Waals surface area (Å²) < 4.78 is 0. The van der Waals surface area contributed by atoms with Crippen LogP contribution < -0.4 is 0 Å². The van der Waals surface area contributed by atoms with Crippen LogP contribution in [0.1, 0.15) is 45.0 Å². The topological polar surface area (TPSA) is 194 Å². The normalized spacial score (nSPS) is 17.6. The monoisotopic (exact) mass is 734 g/mol. The van der Waals surface area contributed by atoms with Crippen molar-refractivity contribution in [1.82, 2.24) is 19.9 Å². The van der Waals surface area contributed by atoms with E-state index in [0.29, 0.717) is 89.4 Å². The molecule has 5 heterocycles. The van der Waals surface area contributed by atoms with Gasteiger partial charge in [-0.05, 0) is 119 Å². The number of ketones is 8. The van der Waals surface area contributed by atoms with Crippen LogP contribution in [0.15, 0.2) is 97.2 Å². The highest BCUT2D eigenvalue weighted by molar-refractivity contribution is 6.50. The predicted molar refractivity (Wildman–Crippen MR) is 207 cm³/mol. The molecule has 4 aliphatic carbocycles. The fourth-order valence-electron chi connectivity index (χ4n) is 7.07. The smallest absolute Gasteiger partial charge is 0.226 e. The lowest BCUT2D eigenvalue weighted by atomic mass is 9.96. The van der Waals surface area contributed by atoms with E-state index in [-0.39, 0.29) is 0 Å². The molecule has 0 aromatic carbocycles.